The fourth-order valence-corrected chi connectivity index (χ4v) is 4.84. The second-order valence-electron chi connectivity index (χ2n) is 10.8. The van der Waals surface area contributed by atoms with Gasteiger partial charge >= 0.3 is 0 Å². The quantitative estimate of drug-likeness (QED) is 0.325. The highest BCUT2D eigenvalue weighted by atomic mass is 16.7. The number of ether oxygens (including phenoxy) is 4. The van der Waals surface area contributed by atoms with Crippen molar-refractivity contribution in [3.63, 3.8) is 0 Å². The number of carbonyl (C=O) groups is 1. The minimum Gasteiger partial charge on any atom is -0.508 e. The molecule has 5 atom stereocenters. The molecule has 4 unspecified atom stereocenters. The van der Waals surface area contributed by atoms with Gasteiger partial charge in [0.1, 0.15) is 35.6 Å². The number of nitrogens with one attached hydrogen (secondary N) is 1. The van der Waals surface area contributed by atoms with E-state index in [4.69, 9.17) is 18.9 Å². The van der Waals surface area contributed by atoms with E-state index in [0.717, 1.165) is 5.57 Å². The average Bonchev–Trinajstić information content (AvgIpc) is 2.89. The lowest BCUT2D eigenvalue weighted by molar-refractivity contribution is -0.306. The lowest BCUT2D eigenvalue weighted by Crippen LogP contribution is -2.63. The van der Waals surface area contributed by atoms with Gasteiger partial charge in [-0.25, -0.2) is 0 Å². The first-order chi connectivity index (χ1) is 18.8. The maximum absolute atomic E-state index is 13.0. The predicted octanol–water partition coefficient (Wildman–Crippen LogP) is 2.94. The third-order valence-corrected chi connectivity index (χ3v) is 7.06. The van der Waals surface area contributed by atoms with Gasteiger partial charge in [0.05, 0.1) is 11.3 Å². The van der Waals surface area contributed by atoms with Crippen molar-refractivity contribution in [3.8, 4) is 17.2 Å². The molecule has 2 aromatic carbocycles. The van der Waals surface area contributed by atoms with Crippen LogP contribution in [0.25, 0.3) is 6.08 Å². The van der Waals surface area contributed by atoms with Crippen molar-refractivity contribution in [2.45, 2.75) is 77.5 Å². The first-order valence-electron chi connectivity index (χ1n) is 13.0. The SMILES string of the molecule is COC1C(O)C(O)[C@H](Oc2ccc3c(c2C)OC(O)C(NC(=O)c2ccc(O)c(CC=C(C)C)c2)=C3)OC1(C)C. The van der Waals surface area contributed by atoms with Crippen molar-refractivity contribution >= 4 is 12.0 Å². The number of hydrogen-bond donors (Lipinski definition) is 5. The molecule has 1 fully saturated rings. The van der Waals surface area contributed by atoms with E-state index in [1.807, 2.05) is 19.9 Å². The van der Waals surface area contributed by atoms with E-state index >= 15 is 0 Å². The van der Waals surface area contributed by atoms with Crippen molar-refractivity contribution in [2.75, 3.05) is 7.11 Å². The molecule has 1 amide bonds. The first kappa shape index (κ1) is 29.6. The number of methoxy groups -OCH3 is 1. The number of carbonyl (C=O) groups excluding carboxylic acids is 1. The highest BCUT2D eigenvalue weighted by Gasteiger charge is 2.50. The number of fused-ring (bicyclic) bond motifs is 1. The summed E-state index contributed by atoms with van der Waals surface area (Å²) < 4.78 is 22.9. The molecule has 0 aromatic heterocycles. The zero-order valence-corrected chi connectivity index (χ0v) is 23.5. The van der Waals surface area contributed by atoms with Crippen LogP contribution in [0, 0.1) is 6.92 Å². The molecule has 216 valence electrons. The minimum atomic E-state index is -1.47. The molecule has 1 saturated heterocycles. The fourth-order valence-electron chi connectivity index (χ4n) is 4.84. The number of rotatable bonds is 7. The van der Waals surface area contributed by atoms with Crippen LogP contribution in [-0.2, 0) is 15.9 Å². The number of amides is 1. The molecule has 5 N–H and O–H groups in total. The average molecular weight is 556 g/mol. The van der Waals surface area contributed by atoms with Gasteiger partial charge in [0.15, 0.2) is 0 Å². The van der Waals surface area contributed by atoms with Gasteiger partial charge in [0.25, 0.3) is 5.91 Å². The van der Waals surface area contributed by atoms with E-state index < -0.39 is 42.4 Å². The first-order valence-corrected chi connectivity index (χ1v) is 13.0. The Bertz CT molecular complexity index is 1330. The van der Waals surface area contributed by atoms with Crippen LogP contribution in [0.5, 0.6) is 17.2 Å². The van der Waals surface area contributed by atoms with Crippen LogP contribution in [-0.4, -0.2) is 69.9 Å². The topological polar surface area (TPSA) is 147 Å². The fraction of sp³-hybridized carbons (Fsp3) is 0.433. The summed E-state index contributed by atoms with van der Waals surface area (Å²) in [5, 5.41) is 44.6. The summed E-state index contributed by atoms with van der Waals surface area (Å²) in [4.78, 5) is 13.0. The molecule has 2 heterocycles. The molecule has 10 nitrogen and oxygen atoms in total. The molecule has 2 aliphatic heterocycles. The number of aliphatic hydroxyl groups is 3. The van der Waals surface area contributed by atoms with Gasteiger partial charge in [-0.15, -0.1) is 0 Å². The molecule has 40 heavy (non-hydrogen) atoms. The Hall–Kier alpha value is -3.41. The molecule has 10 heteroatoms. The van der Waals surface area contributed by atoms with Crippen LogP contribution in [0.3, 0.4) is 0 Å². The van der Waals surface area contributed by atoms with Crippen molar-refractivity contribution in [1.82, 2.24) is 5.32 Å². The maximum Gasteiger partial charge on any atom is 0.255 e. The Balaban J connectivity index is 1.53. The molecule has 2 aliphatic rings. The van der Waals surface area contributed by atoms with E-state index in [0.29, 0.717) is 40.2 Å². The van der Waals surface area contributed by atoms with Gasteiger partial charge in [-0.2, -0.15) is 0 Å². The minimum absolute atomic E-state index is 0.0967. The van der Waals surface area contributed by atoms with Crippen molar-refractivity contribution < 1.29 is 44.2 Å². The van der Waals surface area contributed by atoms with Gasteiger partial charge in [0, 0.05) is 23.8 Å². The van der Waals surface area contributed by atoms with Crippen LogP contribution in [0.15, 0.2) is 47.7 Å². The smallest absolute Gasteiger partial charge is 0.255 e. The molecule has 2 aromatic rings. The van der Waals surface area contributed by atoms with Gasteiger partial charge < -0.3 is 44.7 Å². The van der Waals surface area contributed by atoms with Crippen LogP contribution in [0.1, 0.15) is 54.7 Å². The van der Waals surface area contributed by atoms with Crippen molar-refractivity contribution in [2.24, 2.45) is 0 Å². The molecule has 4 rings (SSSR count). The van der Waals surface area contributed by atoms with E-state index in [1.54, 1.807) is 45.0 Å². The largest absolute Gasteiger partial charge is 0.508 e. The lowest BCUT2D eigenvalue weighted by atomic mass is 9.89. The zero-order chi connectivity index (χ0) is 29.4. The van der Waals surface area contributed by atoms with E-state index in [9.17, 15) is 25.2 Å². The summed E-state index contributed by atoms with van der Waals surface area (Å²) in [5.41, 5.74) is 2.34. The van der Waals surface area contributed by atoms with Crippen LogP contribution in [0.4, 0.5) is 0 Å². The normalized spacial score (nSPS) is 25.2. The monoisotopic (exact) mass is 555 g/mol. The van der Waals surface area contributed by atoms with Crippen LogP contribution >= 0.6 is 0 Å². The summed E-state index contributed by atoms with van der Waals surface area (Å²) in [6, 6.07) is 7.91. The highest BCUT2D eigenvalue weighted by molar-refractivity contribution is 5.96. The number of benzene rings is 2. The maximum atomic E-state index is 13.0. The second kappa shape index (κ2) is 11.6. The van der Waals surface area contributed by atoms with E-state index in [2.05, 4.69) is 5.32 Å². The molecule has 0 bridgehead atoms. The van der Waals surface area contributed by atoms with Gasteiger partial charge in [-0.05, 0) is 83.0 Å². The lowest BCUT2D eigenvalue weighted by Gasteiger charge is -2.46. The predicted molar refractivity (Wildman–Crippen MR) is 147 cm³/mol. The van der Waals surface area contributed by atoms with Crippen LogP contribution < -0.4 is 14.8 Å². The molecule has 0 spiro atoms. The van der Waals surface area contributed by atoms with Crippen molar-refractivity contribution in [1.29, 1.82) is 0 Å². The summed E-state index contributed by atoms with van der Waals surface area (Å²) in [6.07, 6.45) is -1.97. The Morgan fingerprint density at radius 2 is 1.85 bits per heavy atom. The number of phenols is 1. The number of hydrogen-bond acceptors (Lipinski definition) is 9. The van der Waals surface area contributed by atoms with E-state index in [1.165, 1.54) is 19.2 Å². The number of allylic oxidation sites excluding steroid dienone is 2. The third-order valence-electron chi connectivity index (χ3n) is 7.06. The van der Waals surface area contributed by atoms with Crippen LogP contribution in [0.2, 0.25) is 0 Å². The second-order valence-corrected chi connectivity index (χ2v) is 10.8. The Morgan fingerprint density at radius 1 is 1.12 bits per heavy atom. The molecule has 0 saturated carbocycles. The molecule has 0 aliphatic carbocycles. The van der Waals surface area contributed by atoms with Gasteiger partial charge in [-0.3, -0.25) is 4.79 Å². The van der Waals surface area contributed by atoms with E-state index in [-0.39, 0.29) is 11.4 Å². The number of aliphatic hydroxyl groups excluding tert-OH is 3. The molecular formula is C30H37NO9. The Kier molecular flexibility index (Phi) is 8.57. The number of phenolic OH excluding ortho intramolecular Hbond substituents is 1. The summed E-state index contributed by atoms with van der Waals surface area (Å²) >= 11 is 0. The molecule has 0 radical (unpaired) electrons. The summed E-state index contributed by atoms with van der Waals surface area (Å²) in [7, 11) is 1.43. The van der Waals surface area contributed by atoms with Gasteiger partial charge in [-0.1, -0.05) is 11.6 Å². The number of aromatic hydroxyl groups is 1. The Morgan fingerprint density at radius 3 is 2.52 bits per heavy atom. The Labute approximate surface area is 233 Å². The molecular weight excluding hydrogens is 518 g/mol. The standard InChI is InChI=1S/C30H37NO9/c1-15(2)7-8-17-13-19(9-11-21(17)32)27(35)31-20-14-18-10-12-22(16(3)25(18)39-28(20)36)38-29-24(34)23(33)26(37-6)30(4,5)40-29/h7,9-14,23-24,26,28-29,32-34,36H,8H2,1-6H3,(H,31,35)/t23?,24?,26?,28?,29-/m1/s1. The summed E-state index contributed by atoms with van der Waals surface area (Å²) in [6.45, 7) is 9.09. The zero-order valence-electron chi connectivity index (χ0n) is 23.5. The summed E-state index contributed by atoms with van der Waals surface area (Å²) in [5.74, 6) is 0.283. The van der Waals surface area contributed by atoms with Gasteiger partial charge in [0.2, 0.25) is 12.6 Å². The van der Waals surface area contributed by atoms with Crippen molar-refractivity contribution in [3.05, 3.63) is 69.9 Å². The highest BCUT2D eigenvalue weighted by Crippen LogP contribution is 2.39. The third kappa shape index (κ3) is 6.01.